The third kappa shape index (κ3) is 3.47. The van der Waals surface area contributed by atoms with Gasteiger partial charge in [-0.1, -0.05) is 6.92 Å². The van der Waals surface area contributed by atoms with E-state index in [1.54, 1.807) is 6.07 Å². The summed E-state index contributed by atoms with van der Waals surface area (Å²) in [4.78, 5) is 14.0. The van der Waals surface area contributed by atoms with E-state index in [4.69, 9.17) is 0 Å². The summed E-state index contributed by atoms with van der Waals surface area (Å²) in [6.45, 7) is 3.62. The van der Waals surface area contributed by atoms with Crippen LogP contribution in [0.5, 0.6) is 0 Å². The Bertz CT molecular complexity index is 356. The number of aromatic nitrogens is 1. The molecule has 1 atom stereocenters. The Kier molecular flexibility index (Phi) is 4.65. The molecule has 0 saturated heterocycles. The summed E-state index contributed by atoms with van der Waals surface area (Å²) in [5, 5.41) is 16.8. The lowest BCUT2D eigenvalue weighted by molar-refractivity contribution is -0.384. The Morgan fingerprint density at radius 1 is 1.56 bits per heavy atom. The standard InChI is InChI=1S/C10H16N4O2/c1-8(5-11-2)6-13-9-3-4-12-7-10(9)14(15)16/h3-4,7-8,11H,5-6H2,1-2H3,(H,12,13). The predicted octanol–water partition coefficient (Wildman–Crippen LogP) is 1.26. The van der Waals surface area contributed by atoms with Gasteiger partial charge in [0.05, 0.1) is 4.92 Å². The number of anilines is 1. The Labute approximate surface area is 94.2 Å². The Morgan fingerprint density at radius 2 is 2.31 bits per heavy atom. The van der Waals surface area contributed by atoms with Crippen LogP contribution in [0.2, 0.25) is 0 Å². The lowest BCUT2D eigenvalue weighted by Crippen LogP contribution is -2.23. The van der Waals surface area contributed by atoms with Crippen LogP contribution in [0.25, 0.3) is 0 Å². The van der Waals surface area contributed by atoms with Crippen LogP contribution in [-0.4, -0.2) is 30.0 Å². The Balaban J connectivity index is 2.63. The van der Waals surface area contributed by atoms with Gasteiger partial charge >= 0.3 is 5.69 Å². The highest BCUT2D eigenvalue weighted by Crippen LogP contribution is 2.21. The van der Waals surface area contributed by atoms with Gasteiger partial charge in [-0.2, -0.15) is 0 Å². The summed E-state index contributed by atoms with van der Waals surface area (Å²) in [6.07, 6.45) is 2.79. The largest absolute Gasteiger partial charge is 0.379 e. The smallest absolute Gasteiger partial charge is 0.310 e. The first-order valence-corrected chi connectivity index (χ1v) is 5.12. The van der Waals surface area contributed by atoms with Crippen molar-refractivity contribution in [3.63, 3.8) is 0 Å². The highest BCUT2D eigenvalue weighted by molar-refractivity contribution is 5.59. The molecule has 1 aromatic rings. The first-order chi connectivity index (χ1) is 7.65. The molecule has 0 fully saturated rings. The van der Waals surface area contributed by atoms with E-state index >= 15 is 0 Å². The minimum Gasteiger partial charge on any atom is -0.379 e. The number of nitrogens with zero attached hydrogens (tertiary/aromatic N) is 2. The van der Waals surface area contributed by atoms with E-state index in [0.717, 1.165) is 6.54 Å². The molecule has 0 spiro atoms. The normalized spacial score (nSPS) is 12.1. The number of rotatable bonds is 6. The maximum atomic E-state index is 10.7. The zero-order valence-electron chi connectivity index (χ0n) is 9.43. The molecular weight excluding hydrogens is 208 g/mol. The van der Waals surface area contributed by atoms with Crippen LogP contribution < -0.4 is 10.6 Å². The average Bonchev–Trinajstić information content (AvgIpc) is 2.27. The molecule has 6 nitrogen and oxygen atoms in total. The molecular formula is C10H16N4O2. The van der Waals surface area contributed by atoms with Gasteiger partial charge in [0.2, 0.25) is 0 Å². The number of pyridine rings is 1. The minimum absolute atomic E-state index is 0.0131. The molecule has 0 aliphatic carbocycles. The molecule has 0 amide bonds. The van der Waals surface area contributed by atoms with Gasteiger partial charge in [-0.3, -0.25) is 15.1 Å². The topological polar surface area (TPSA) is 80.1 Å². The summed E-state index contributed by atoms with van der Waals surface area (Å²) >= 11 is 0. The number of nitrogens with one attached hydrogen (secondary N) is 2. The highest BCUT2D eigenvalue weighted by Gasteiger charge is 2.13. The summed E-state index contributed by atoms with van der Waals surface area (Å²) in [5.74, 6) is 0.401. The van der Waals surface area contributed by atoms with Crippen molar-refractivity contribution in [2.75, 3.05) is 25.5 Å². The van der Waals surface area contributed by atoms with Crippen molar-refractivity contribution in [2.45, 2.75) is 6.92 Å². The lowest BCUT2D eigenvalue weighted by atomic mass is 10.2. The van der Waals surface area contributed by atoms with E-state index in [1.807, 2.05) is 7.05 Å². The SMILES string of the molecule is CNCC(C)CNc1ccncc1[N+](=O)[O-]. The van der Waals surface area contributed by atoms with Crippen LogP contribution in [0, 0.1) is 16.0 Å². The van der Waals surface area contributed by atoms with Crippen molar-refractivity contribution in [2.24, 2.45) is 5.92 Å². The second-order valence-electron chi connectivity index (χ2n) is 3.69. The minimum atomic E-state index is -0.432. The first-order valence-electron chi connectivity index (χ1n) is 5.12. The average molecular weight is 224 g/mol. The maximum Gasteiger partial charge on any atom is 0.310 e. The van der Waals surface area contributed by atoms with Crippen LogP contribution in [-0.2, 0) is 0 Å². The zero-order chi connectivity index (χ0) is 12.0. The number of hydrogen-bond acceptors (Lipinski definition) is 5. The van der Waals surface area contributed by atoms with E-state index in [0.29, 0.717) is 18.2 Å². The molecule has 16 heavy (non-hydrogen) atoms. The van der Waals surface area contributed by atoms with Crippen molar-refractivity contribution < 1.29 is 4.92 Å². The molecule has 2 N–H and O–H groups in total. The fourth-order valence-electron chi connectivity index (χ4n) is 1.39. The molecule has 1 heterocycles. The van der Waals surface area contributed by atoms with Crippen LogP contribution in [0.3, 0.4) is 0 Å². The van der Waals surface area contributed by atoms with E-state index in [1.165, 1.54) is 12.4 Å². The summed E-state index contributed by atoms with van der Waals surface area (Å²) in [7, 11) is 1.88. The molecule has 0 aliphatic heterocycles. The van der Waals surface area contributed by atoms with Gasteiger partial charge in [-0.15, -0.1) is 0 Å². The van der Waals surface area contributed by atoms with Crippen LogP contribution in [0.1, 0.15) is 6.92 Å². The van der Waals surface area contributed by atoms with Gasteiger partial charge in [0.25, 0.3) is 0 Å². The molecule has 0 aromatic carbocycles. The van der Waals surface area contributed by atoms with E-state index in [-0.39, 0.29) is 5.69 Å². The summed E-state index contributed by atoms with van der Waals surface area (Å²) in [6, 6.07) is 1.62. The third-order valence-electron chi connectivity index (χ3n) is 2.19. The number of hydrogen-bond donors (Lipinski definition) is 2. The molecule has 0 radical (unpaired) electrons. The van der Waals surface area contributed by atoms with Crippen molar-refractivity contribution in [3.05, 3.63) is 28.6 Å². The summed E-state index contributed by atoms with van der Waals surface area (Å²) in [5.41, 5.74) is 0.530. The second kappa shape index (κ2) is 6.02. The molecule has 0 bridgehead atoms. The van der Waals surface area contributed by atoms with Gasteiger partial charge in [-0.05, 0) is 25.6 Å². The van der Waals surface area contributed by atoms with Gasteiger partial charge in [0.15, 0.2) is 0 Å². The molecule has 0 saturated carbocycles. The molecule has 6 heteroatoms. The molecule has 1 unspecified atom stereocenters. The van der Waals surface area contributed by atoms with Crippen LogP contribution in [0.4, 0.5) is 11.4 Å². The summed E-state index contributed by atoms with van der Waals surface area (Å²) < 4.78 is 0. The maximum absolute atomic E-state index is 10.7. The molecule has 1 rings (SSSR count). The quantitative estimate of drug-likeness (QED) is 0.561. The number of nitro groups is 1. The predicted molar refractivity (Wildman–Crippen MR) is 62.5 cm³/mol. The van der Waals surface area contributed by atoms with Gasteiger partial charge in [0.1, 0.15) is 11.9 Å². The van der Waals surface area contributed by atoms with E-state index < -0.39 is 4.92 Å². The lowest BCUT2D eigenvalue weighted by Gasteiger charge is -2.12. The third-order valence-corrected chi connectivity index (χ3v) is 2.19. The van der Waals surface area contributed by atoms with E-state index in [2.05, 4.69) is 22.5 Å². The first kappa shape index (κ1) is 12.4. The van der Waals surface area contributed by atoms with Crippen LogP contribution >= 0.6 is 0 Å². The van der Waals surface area contributed by atoms with Crippen molar-refractivity contribution in [1.29, 1.82) is 0 Å². The van der Waals surface area contributed by atoms with Gasteiger partial charge < -0.3 is 10.6 Å². The highest BCUT2D eigenvalue weighted by atomic mass is 16.6. The van der Waals surface area contributed by atoms with Gasteiger partial charge in [0, 0.05) is 12.7 Å². The van der Waals surface area contributed by atoms with Crippen molar-refractivity contribution >= 4 is 11.4 Å². The van der Waals surface area contributed by atoms with Crippen LogP contribution in [0.15, 0.2) is 18.5 Å². The Hall–Kier alpha value is -1.69. The molecule has 88 valence electrons. The second-order valence-corrected chi connectivity index (χ2v) is 3.69. The van der Waals surface area contributed by atoms with E-state index in [9.17, 15) is 10.1 Å². The molecule has 0 aliphatic rings. The fourth-order valence-corrected chi connectivity index (χ4v) is 1.39. The monoisotopic (exact) mass is 224 g/mol. The Morgan fingerprint density at radius 3 is 2.94 bits per heavy atom. The van der Waals surface area contributed by atoms with Crippen molar-refractivity contribution in [3.8, 4) is 0 Å². The zero-order valence-corrected chi connectivity index (χ0v) is 9.43. The fraction of sp³-hybridized carbons (Fsp3) is 0.500. The van der Waals surface area contributed by atoms with Gasteiger partial charge in [-0.25, -0.2) is 0 Å². The molecule has 1 aromatic heterocycles. The van der Waals surface area contributed by atoms with Crippen molar-refractivity contribution in [1.82, 2.24) is 10.3 Å².